The van der Waals surface area contributed by atoms with Gasteiger partial charge in [-0.3, -0.25) is 0 Å². The van der Waals surface area contributed by atoms with Crippen LogP contribution in [-0.2, 0) is 10.0 Å². The lowest BCUT2D eigenvalue weighted by atomic mass is 9.98. The molecule has 1 unspecified atom stereocenters. The molecule has 1 aliphatic rings. The molecule has 5 rings (SSSR count). The summed E-state index contributed by atoms with van der Waals surface area (Å²) in [5, 5.41) is 11.4. The molecule has 0 spiro atoms. The number of sulfonamides is 1. The Morgan fingerprint density at radius 3 is 2.46 bits per heavy atom. The molecule has 8 nitrogen and oxygen atoms in total. The van der Waals surface area contributed by atoms with Crippen LogP contribution >= 0.6 is 11.3 Å². The standard InChI is InChI=1S/C25H24N4O4S2/c1-32-22-12-7-11-18(25(22)33-2)20-15-21(29(26-20)35(3,30)31)19-16-28(17-9-5-4-6-10-17)27-24(19)23-13-8-14-34-23/h4-14,16,21H,15H2,1-3H3. The SMILES string of the molecule is COc1cccc(C2=NN(S(C)(=O)=O)C(c3cn(-c4ccccc4)nc3-c3cccs3)C2)c1OC. The fraction of sp³-hybridized carbons (Fsp3) is 0.200. The highest BCUT2D eigenvalue weighted by Gasteiger charge is 2.38. The third-order valence-corrected chi connectivity index (χ3v) is 7.70. The third-order valence-electron chi connectivity index (χ3n) is 5.80. The molecule has 180 valence electrons. The van der Waals surface area contributed by atoms with Crippen LogP contribution in [0.5, 0.6) is 11.5 Å². The van der Waals surface area contributed by atoms with Crippen LogP contribution in [0.4, 0.5) is 0 Å². The Hall–Kier alpha value is -3.63. The number of nitrogens with zero attached hydrogens (tertiary/aromatic N) is 4. The molecule has 0 fully saturated rings. The number of hydrogen-bond donors (Lipinski definition) is 0. The summed E-state index contributed by atoms with van der Waals surface area (Å²) in [5.41, 5.74) is 3.69. The third kappa shape index (κ3) is 4.30. The lowest BCUT2D eigenvalue weighted by Gasteiger charge is -2.20. The van der Waals surface area contributed by atoms with Gasteiger partial charge in [0.1, 0.15) is 5.69 Å². The Labute approximate surface area is 208 Å². The minimum Gasteiger partial charge on any atom is -0.493 e. The van der Waals surface area contributed by atoms with Crippen LogP contribution in [0.25, 0.3) is 16.3 Å². The number of methoxy groups -OCH3 is 2. The van der Waals surface area contributed by atoms with E-state index in [0.717, 1.165) is 21.8 Å². The van der Waals surface area contributed by atoms with Gasteiger partial charge in [0, 0.05) is 23.7 Å². The molecule has 4 aromatic rings. The Morgan fingerprint density at radius 2 is 1.80 bits per heavy atom. The quantitative estimate of drug-likeness (QED) is 0.360. The first-order valence-electron chi connectivity index (χ1n) is 10.9. The van der Waals surface area contributed by atoms with E-state index in [1.807, 2.05) is 66.2 Å². The monoisotopic (exact) mass is 508 g/mol. The number of thiophene rings is 1. The maximum atomic E-state index is 12.9. The zero-order valence-corrected chi connectivity index (χ0v) is 21.1. The summed E-state index contributed by atoms with van der Waals surface area (Å²) in [6.45, 7) is 0. The summed E-state index contributed by atoms with van der Waals surface area (Å²) in [6.07, 6.45) is 3.42. The summed E-state index contributed by atoms with van der Waals surface area (Å²) in [4.78, 5) is 0.954. The maximum absolute atomic E-state index is 12.9. The van der Waals surface area contributed by atoms with E-state index in [4.69, 9.17) is 14.6 Å². The minimum atomic E-state index is -3.68. The summed E-state index contributed by atoms with van der Waals surface area (Å²) in [5.74, 6) is 1.07. The molecule has 2 aromatic heterocycles. The van der Waals surface area contributed by atoms with Crippen molar-refractivity contribution in [2.24, 2.45) is 5.10 Å². The van der Waals surface area contributed by atoms with Gasteiger partial charge in [0.05, 0.1) is 42.8 Å². The molecule has 3 heterocycles. The van der Waals surface area contributed by atoms with Crippen LogP contribution in [0.2, 0.25) is 0 Å². The first-order valence-corrected chi connectivity index (χ1v) is 13.6. The molecular formula is C25H24N4O4S2. The molecule has 1 aliphatic heterocycles. The fourth-order valence-corrected chi connectivity index (χ4v) is 5.88. The van der Waals surface area contributed by atoms with Crippen LogP contribution in [0.15, 0.2) is 77.3 Å². The van der Waals surface area contributed by atoms with E-state index in [2.05, 4.69) is 5.10 Å². The van der Waals surface area contributed by atoms with Crippen molar-refractivity contribution in [3.63, 3.8) is 0 Å². The number of para-hydroxylation sites is 2. The topological polar surface area (TPSA) is 86.0 Å². The van der Waals surface area contributed by atoms with Gasteiger partial charge in [0.25, 0.3) is 0 Å². The molecule has 1 atom stereocenters. The van der Waals surface area contributed by atoms with Crippen LogP contribution < -0.4 is 9.47 Å². The van der Waals surface area contributed by atoms with Gasteiger partial charge in [-0.15, -0.1) is 11.3 Å². The largest absolute Gasteiger partial charge is 0.493 e. The van der Waals surface area contributed by atoms with E-state index >= 15 is 0 Å². The highest BCUT2D eigenvalue weighted by molar-refractivity contribution is 7.88. The highest BCUT2D eigenvalue weighted by Crippen LogP contribution is 2.42. The van der Waals surface area contributed by atoms with Gasteiger partial charge in [0.15, 0.2) is 11.5 Å². The van der Waals surface area contributed by atoms with Crippen LogP contribution in [0, 0.1) is 0 Å². The van der Waals surface area contributed by atoms with E-state index in [9.17, 15) is 8.42 Å². The molecule has 0 amide bonds. The lowest BCUT2D eigenvalue weighted by molar-refractivity contribution is 0.354. The van der Waals surface area contributed by atoms with Crippen molar-refractivity contribution >= 4 is 27.1 Å². The van der Waals surface area contributed by atoms with Gasteiger partial charge in [0.2, 0.25) is 10.0 Å². The average molecular weight is 509 g/mol. The normalized spacial score (nSPS) is 15.8. The van der Waals surface area contributed by atoms with E-state index in [1.165, 1.54) is 10.7 Å². The maximum Gasteiger partial charge on any atom is 0.247 e. The summed E-state index contributed by atoms with van der Waals surface area (Å²) >= 11 is 1.56. The average Bonchev–Trinajstić information content (AvgIpc) is 3.62. The van der Waals surface area contributed by atoms with Crippen molar-refractivity contribution in [2.45, 2.75) is 12.5 Å². The van der Waals surface area contributed by atoms with Crippen molar-refractivity contribution in [1.29, 1.82) is 0 Å². The molecule has 35 heavy (non-hydrogen) atoms. The Bertz CT molecular complexity index is 1480. The lowest BCUT2D eigenvalue weighted by Crippen LogP contribution is -2.26. The van der Waals surface area contributed by atoms with Crippen molar-refractivity contribution < 1.29 is 17.9 Å². The predicted octanol–water partition coefficient (Wildman–Crippen LogP) is 4.73. The zero-order valence-electron chi connectivity index (χ0n) is 19.5. The molecular weight excluding hydrogens is 484 g/mol. The Morgan fingerprint density at radius 1 is 1.00 bits per heavy atom. The summed E-state index contributed by atoms with van der Waals surface area (Å²) < 4.78 is 39.8. The van der Waals surface area contributed by atoms with Crippen molar-refractivity contribution in [1.82, 2.24) is 14.2 Å². The second-order valence-electron chi connectivity index (χ2n) is 8.03. The minimum absolute atomic E-state index is 0.357. The molecule has 10 heteroatoms. The first-order chi connectivity index (χ1) is 16.9. The molecule has 2 aromatic carbocycles. The Balaban J connectivity index is 1.64. The molecule has 0 aliphatic carbocycles. The van der Waals surface area contributed by atoms with Crippen molar-refractivity contribution in [3.8, 4) is 27.8 Å². The van der Waals surface area contributed by atoms with Crippen molar-refractivity contribution in [3.05, 3.63) is 83.4 Å². The first kappa shape index (κ1) is 23.1. The molecule has 0 saturated carbocycles. The Kier molecular flexibility index (Phi) is 6.08. The van der Waals surface area contributed by atoms with E-state index in [-0.39, 0.29) is 0 Å². The molecule has 0 saturated heterocycles. The van der Waals surface area contributed by atoms with Crippen LogP contribution in [-0.4, -0.2) is 48.8 Å². The fourth-order valence-electron chi connectivity index (χ4n) is 4.25. The summed E-state index contributed by atoms with van der Waals surface area (Å²) in [7, 11) is -0.555. The number of aromatic nitrogens is 2. The van der Waals surface area contributed by atoms with E-state index < -0.39 is 16.1 Å². The van der Waals surface area contributed by atoms with Gasteiger partial charge >= 0.3 is 0 Å². The van der Waals surface area contributed by atoms with Crippen LogP contribution in [0.3, 0.4) is 0 Å². The number of ether oxygens (including phenoxy) is 2. The second-order valence-corrected chi connectivity index (χ2v) is 10.8. The number of rotatable bonds is 7. The summed E-state index contributed by atoms with van der Waals surface area (Å²) in [6, 6.07) is 18.6. The number of benzene rings is 2. The molecule has 0 N–H and O–H groups in total. The number of hydrazone groups is 1. The van der Waals surface area contributed by atoms with Gasteiger partial charge in [-0.05, 0) is 35.7 Å². The van der Waals surface area contributed by atoms with Crippen LogP contribution in [0.1, 0.15) is 23.6 Å². The second kappa shape index (κ2) is 9.20. The zero-order chi connectivity index (χ0) is 24.6. The highest BCUT2D eigenvalue weighted by atomic mass is 32.2. The van der Waals surface area contributed by atoms with E-state index in [1.54, 1.807) is 36.3 Å². The molecule has 0 radical (unpaired) electrons. The predicted molar refractivity (Wildman–Crippen MR) is 137 cm³/mol. The molecule has 0 bridgehead atoms. The smallest absolute Gasteiger partial charge is 0.247 e. The van der Waals surface area contributed by atoms with Gasteiger partial charge in [-0.25, -0.2) is 13.1 Å². The van der Waals surface area contributed by atoms with Gasteiger partial charge in [-0.2, -0.15) is 14.6 Å². The van der Waals surface area contributed by atoms with Gasteiger partial charge < -0.3 is 9.47 Å². The van der Waals surface area contributed by atoms with E-state index in [0.29, 0.717) is 29.2 Å². The van der Waals surface area contributed by atoms with Crippen molar-refractivity contribution in [2.75, 3.05) is 20.5 Å². The number of hydrogen-bond acceptors (Lipinski definition) is 7. The van der Waals surface area contributed by atoms with Gasteiger partial charge in [-0.1, -0.05) is 30.3 Å².